The molecule has 0 bridgehead atoms. The molecule has 1 aromatic heterocycles. The first-order valence-electron chi connectivity index (χ1n) is 9.61. The van der Waals surface area contributed by atoms with Crippen molar-refractivity contribution in [2.45, 2.75) is 26.2 Å². The van der Waals surface area contributed by atoms with Crippen molar-refractivity contribution < 1.29 is 19.1 Å². The van der Waals surface area contributed by atoms with Crippen LogP contribution in [0, 0.1) is 6.92 Å². The van der Waals surface area contributed by atoms with Crippen molar-refractivity contribution in [1.29, 1.82) is 0 Å². The Morgan fingerprint density at radius 2 is 1.66 bits per heavy atom. The van der Waals surface area contributed by atoms with E-state index in [0.717, 1.165) is 25.9 Å². The zero-order valence-corrected chi connectivity index (χ0v) is 16.1. The number of carboxylic acids is 1. The van der Waals surface area contributed by atoms with Crippen LogP contribution in [0.2, 0.25) is 0 Å². The van der Waals surface area contributed by atoms with Gasteiger partial charge in [0.2, 0.25) is 11.8 Å². The van der Waals surface area contributed by atoms with Crippen molar-refractivity contribution in [2.24, 2.45) is 0 Å². The summed E-state index contributed by atoms with van der Waals surface area (Å²) < 4.78 is 5.78. The Bertz CT molecular complexity index is 1050. The van der Waals surface area contributed by atoms with Gasteiger partial charge in [0, 0.05) is 29.8 Å². The van der Waals surface area contributed by atoms with Gasteiger partial charge in [-0.3, -0.25) is 4.79 Å². The molecule has 1 saturated heterocycles. The maximum Gasteiger partial charge on any atom is 0.335 e. The van der Waals surface area contributed by atoms with E-state index in [2.05, 4.69) is 10.2 Å². The first-order valence-corrected chi connectivity index (χ1v) is 9.61. The molecule has 0 atom stereocenters. The number of likely N-dealkylation sites (tertiary alicyclic amines) is 1. The summed E-state index contributed by atoms with van der Waals surface area (Å²) in [6.07, 6.45) is 3.28. The van der Waals surface area contributed by atoms with Gasteiger partial charge in [-0.05, 0) is 68.1 Å². The van der Waals surface area contributed by atoms with Crippen molar-refractivity contribution in [3.8, 4) is 22.9 Å². The van der Waals surface area contributed by atoms with Gasteiger partial charge in [-0.1, -0.05) is 6.07 Å². The van der Waals surface area contributed by atoms with Crippen LogP contribution in [-0.2, 0) is 0 Å². The van der Waals surface area contributed by atoms with Gasteiger partial charge in [0.05, 0.1) is 5.56 Å². The number of benzene rings is 2. The summed E-state index contributed by atoms with van der Waals surface area (Å²) in [5.74, 6) is -0.382. The fourth-order valence-electron chi connectivity index (χ4n) is 3.58. The molecular formula is C22H21N3O4. The average Bonchev–Trinajstić information content (AvgIpc) is 3.24. The summed E-state index contributed by atoms with van der Waals surface area (Å²) in [5.41, 5.74) is 2.69. The maximum atomic E-state index is 12.6. The van der Waals surface area contributed by atoms with Crippen LogP contribution in [0.3, 0.4) is 0 Å². The highest BCUT2D eigenvalue weighted by molar-refractivity contribution is 5.94. The molecule has 1 N–H and O–H groups in total. The molecule has 3 aromatic rings. The van der Waals surface area contributed by atoms with Gasteiger partial charge in [-0.2, -0.15) is 0 Å². The minimum Gasteiger partial charge on any atom is -0.478 e. The lowest BCUT2D eigenvalue weighted by Gasteiger charge is -2.26. The average molecular weight is 391 g/mol. The molecule has 1 fully saturated rings. The number of carbonyl (C=O) groups excluding carboxylic acids is 1. The minimum atomic E-state index is -1.00. The summed E-state index contributed by atoms with van der Waals surface area (Å²) in [6, 6.07) is 12.1. The number of nitrogens with zero attached hydrogens (tertiary/aromatic N) is 3. The second-order valence-corrected chi connectivity index (χ2v) is 7.13. The fraction of sp³-hybridized carbons (Fsp3) is 0.273. The smallest absolute Gasteiger partial charge is 0.335 e. The molecule has 7 heteroatoms. The predicted octanol–water partition coefficient (Wildman–Crippen LogP) is 4.04. The SMILES string of the molecule is Cc1c(C(=O)O)cccc1-c1nnc(-c2ccc(C(=O)N3CCCCC3)cc2)o1. The Balaban J connectivity index is 1.56. The summed E-state index contributed by atoms with van der Waals surface area (Å²) in [5, 5.41) is 17.4. The second kappa shape index (κ2) is 7.87. The van der Waals surface area contributed by atoms with Crippen molar-refractivity contribution in [1.82, 2.24) is 15.1 Å². The zero-order valence-electron chi connectivity index (χ0n) is 16.1. The standard InChI is InChI=1S/C22H21N3O4/c1-14-17(6-5-7-18(14)22(27)28)20-24-23-19(29-20)15-8-10-16(11-9-15)21(26)25-12-3-2-4-13-25/h5-11H,2-4,12-13H2,1H3,(H,27,28). The van der Waals surface area contributed by atoms with Crippen LogP contribution in [0.15, 0.2) is 46.9 Å². The van der Waals surface area contributed by atoms with Gasteiger partial charge in [0.1, 0.15) is 0 Å². The molecule has 0 unspecified atom stereocenters. The van der Waals surface area contributed by atoms with Crippen LogP contribution < -0.4 is 0 Å². The van der Waals surface area contributed by atoms with Gasteiger partial charge >= 0.3 is 5.97 Å². The first kappa shape index (κ1) is 18.9. The van der Waals surface area contributed by atoms with Crippen LogP contribution >= 0.6 is 0 Å². The molecule has 7 nitrogen and oxygen atoms in total. The minimum absolute atomic E-state index is 0.0450. The van der Waals surface area contributed by atoms with Crippen molar-refractivity contribution in [3.63, 3.8) is 0 Å². The summed E-state index contributed by atoms with van der Waals surface area (Å²) in [7, 11) is 0. The van der Waals surface area contributed by atoms with Gasteiger partial charge in [0.15, 0.2) is 0 Å². The molecule has 1 aliphatic heterocycles. The van der Waals surface area contributed by atoms with E-state index < -0.39 is 5.97 Å². The number of piperidine rings is 1. The Morgan fingerprint density at radius 1 is 0.966 bits per heavy atom. The number of rotatable bonds is 4. The van der Waals surface area contributed by atoms with E-state index in [4.69, 9.17) is 4.42 Å². The molecule has 148 valence electrons. The van der Waals surface area contributed by atoms with E-state index in [9.17, 15) is 14.7 Å². The Hall–Kier alpha value is -3.48. The number of hydrogen-bond donors (Lipinski definition) is 1. The molecule has 29 heavy (non-hydrogen) atoms. The molecule has 2 aromatic carbocycles. The quantitative estimate of drug-likeness (QED) is 0.721. The highest BCUT2D eigenvalue weighted by Gasteiger charge is 2.19. The van der Waals surface area contributed by atoms with Crippen LogP contribution in [0.25, 0.3) is 22.9 Å². The molecular weight excluding hydrogens is 370 g/mol. The normalized spacial score (nSPS) is 14.0. The lowest BCUT2D eigenvalue weighted by atomic mass is 10.0. The van der Waals surface area contributed by atoms with E-state index in [1.165, 1.54) is 12.5 Å². The monoisotopic (exact) mass is 391 g/mol. The number of amides is 1. The topological polar surface area (TPSA) is 96.5 Å². The lowest BCUT2D eigenvalue weighted by Crippen LogP contribution is -2.35. The number of carbonyl (C=O) groups is 2. The largest absolute Gasteiger partial charge is 0.478 e. The number of carboxylic acid groups (broad SMARTS) is 1. The van der Waals surface area contributed by atoms with Crippen molar-refractivity contribution in [2.75, 3.05) is 13.1 Å². The molecule has 4 rings (SSSR count). The number of aromatic carboxylic acids is 1. The third kappa shape index (κ3) is 3.76. The molecule has 1 amide bonds. The van der Waals surface area contributed by atoms with Crippen LogP contribution in [-0.4, -0.2) is 45.2 Å². The van der Waals surface area contributed by atoms with Crippen molar-refractivity contribution in [3.05, 3.63) is 59.2 Å². The number of hydrogen-bond acceptors (Lipinski definition) is 5. The van der Waals surface area contributed by atoms with Crippen molar-refractivity contribution >= 4 is 11.9 Å². The fourth-order valence-corrected chi connectivity index (χ4v) is 3.58. The predicted molar refractivity (Wildman–Crippen MR) is 107 cm³/mol. The Morgan fingerprint density at radius 3 is 2.34 bits per heavy atom. The molecule has 0 saturated carbocycles. The molecule has 0 radical (unpaired) electrons. The highest BCUT2D eigenvalue weighted by Crippen LogP contribution is 2.28. The van der Waals surface area contributed by atoms with E-state index in [1.807, 2.05) is 4.90 Å². The van der Waals surface area contributed by atoms with Crippen LogP contribution in [0.1, 0.15) is 45.5 Å². The molecule has 2 heterocycles. The lowest BCUT2D eigenvalue weighted by molar-refractivity contribution is 0.0693. The van der Waals surface area contributed by atoms with Gasteiger partial charge in [-0.25, -0.2) is 4.79 Å². The maximum absolute atomic E-state index is 12.6. The van der Waals surface area contributed by atoms with E-state index >= 15 is 0 Å². The summed E-state index contributed by atoms with van der Waals surface area (Å²) >= 11 is 0. The zero-order chi connectivity index (χ0) is 20.4. The molecule has 0 spiro atoms. The van der Waals surface area contributed by atoms with Gasteiger partial charge in [0.25, 0.3) is 5.91 Å². The summed E-state index contributed by atoms with van der Waals surface area (Å²) in [6.45, 7) is 3.33. The third-order valence-corrected chi connectivity index (χ3v) is 5.24. The first-order chi connectivity index (χ1) is 14.0. The second-order valence-electron chi connectivity index (χ2n) is 7.13. The Labute approximate surface area is 168 Å². The number of aromatic nitrogens is 2. The van der Waals surface area contributed by atoms with Crippen LogP contribution in [0.5, 0.6) is 0 Å². The molecule has 0 aliphatic carbocycles. The Kier molecular flexibility index (Phi) is 5.12. The van der Waals surface area contributed by atoms with E-state index in [1.54, 1.807) is 43.3 Å². The third-order valence-electron chi connectivity index (χ3n) is 5.24. The van der Waals surface area contributed by atoms with Crippen LogP contribution in [0.4, 0.5) is 0 Å². The van der Waals surface area contributed by atoms with Gasteiger partial charge in [-0.15, -0.1) is 10.2 Å². The van der Waals surface area contributed by atoms with E-state index in [0.29, 0.717) is 28.1 Å². The molecule has 1 aliphatic rings. The van der Waals surface area contributed by atoms with E-state index in [-0.39, 0.29) is 17.4 Å². The highest BCUT2D eigenvalue weighted by atomic mass is 16.4. The summed E-state index contributed by atoms with van der Waals surface area (Å²) in [4.78, 5) is 25.8. The van der Waals surface area contributed by atoms with Gasteiger partial charge < -0.3 is 14.4 Å².